The molecule has 1 nitrogen and oxygen atoms in total. The summed E-state index contributed by atoms with van der Waals surface area (Å²) in [5, 5.41) is 0. The van der Waals surface area contributed by atoms with Crippen LogP contribution in [-0.2, 0) is 6.18 Å². The molecule has 1 heterocycles. The van der Waals surface area contributed by atoms with E-state index < -0.39 is 23.9 Å². The van der Waals surface area contributed by atoms with Crippen molar-refractivity contribution >= 4 is 22.6 Å². The van der Waals surface area contributed by atoms with Gasteiger partial charge in [-0.15, -0.1) is 0 Å². The van der Waals surface area contributed by atoms with Gasteiger partial charge in [0.2, 0.25) is 0 Å². The first-order valence-electron chi connectivity index (χ1n) is 3.75. The third kappa shape index (κ3) is 2.56. The maximum absolute atomic E-state index is 12.5. The normalized spacial score (nSPS) is 12.3. The molecule has 0 saturated heterocycles. The molecule has 7 heteroatoms. The maximum Gasteiger partial charge on any atom is 0.433 e. The van der Waals surface area contributed by atoms with E-state index in [1.807, 2.05) is 0 Å². The van der Waals surface area contributed by atoms with Crippen LogP contribution in [0.1, 0.15) is 23.2 Å². The molecule has 0 aliphatic heterocycles. The fourth-order valence-corrected chi connectivity index (χ4v) is 1.66. The predicted octanol–water partition coefficient (Wildman–Crippen LogP) is 3.95. The molecule has 0 aliphatic carbocycles. The fraction of sp³-hybridized carbons (Fsp3) is 0.375. The van der Waals surface area contributed by atoms with Gasteiger partial charge in [0.05, 0.1) is 5.56 Å². The second-order valence-corrected chi connectivity index (χ2v) is 3.89. The number of aryl methyl sites for hydroxylation is 1. The summed E-state index contributed by atoms with van der Waals surface area (Å²) in [5.41, 5.74) is -2.24. The molecule has 0 radical (unpaired) electrons. The van der Waals surface area contributed by atoms with Crippen LogP contribution in [0.15, 0.2) is 6.20 Å². The minimum absolute atomic E-state index is 0.0927. The third-order valence-electron chi connectivity index (χ3n) is 1.71. The number of rotatable bonds is 1. The quantitative estimate of drug-likeness (QED) is 0.559. The van der Waals surface area contributed by atoms with Gasteiger partial charge in [0, 0.05) is 9.77 Å². The van der Waals surface area contributed by atoms with Crippen LogP contribution in [0.25, 0.3) is 0 Å². The molecule has 0 atom stereocenters. The predicted molar refractivity (Wildman–Crippen MR) is 51.7 cm³/mol. The number of pyridine rings is 1. The van der Waals surface area contributed by atoms with Crippen molar-refractivity contribution < 1.29 is 22.0 Å². The Morgan fingerprint density at radius 2 is 1.87 bits per heavy atom. The second-order valence-electron chi connectivity index (χ2n) is 2.82. The molecule has 0 spiro atoms. The summed E-state index contributed by atoms with van der Waals surface area (Å²) in [5.74, 6) is 0. The summed E-state index contributed by atoms with van der Waals surface area (Å²) < 4.78 is 61.8. The molecular weight excluding hydrogens is 332 g/mol. The zero-order valence-electron chi connectivity index (χ0n) is 7.37. The SMILES string of the molecule is Cc1cnc(C(F)(F)F)c(C(F)F)c1I. The average molecular weight is 337 g/mol. The summed E-state index contributed by atoms with van der Waals surface area (Å²) in [6.07, 6.45) is -7.09. The molecule has 15 heavy (non-hydrogen) atoms. The Bertz CT molecular complexity index is 374. The number of aromatic nitrogens is 1. The molecule has 84 valence electrons. The van der Waals surface area contributed by atoms with Gasteiger partial charge >= 0.3 is 6.18 Å². The lowest BCUT2D eigenvalue weighted by molar-refractivity contribution is -0.143. The molecule has 0 aliphatic rings. The van der Waals surface area contributed by atoms with E-state index in [0.29, 0.717) is 5.56 Å². The molecule has 1 aromatic heterocycles. The summed E-state index contributed by atoms with van der Waals surface area (Å²) >= 11 is 1.47. The van der Waals surface area contributed by atoms with Crippen molar-refractivity contribution in [3.05, 3.63) is 26.6 Å². The minimum Gasteiger partial charge on any atom is -0.251 e. The highest BCUT2D eigenvalue weighted by atomic mass is 127. The van der Waals surface area contributed by atoms with E-state index in [-0.39, 0.29) is 3.57 Å². The van der Waals surface area contributed by atoms with Gasteiger partial charge in [0.1, 0.15) is 0 Å². The van der Waals surface area contributed by atoms with E-state index >= 15 is 0 Å². The van der Waals surface area contributed by atoms with E-state index in [2.05, 4.69) is 4.98 Å². The van der Waals surface area contributed by atoms with Crippen LogP contribution in [0.4, 0.5) is 22.0 Å². The second kappa shape index (κ2) is 4.18. The monoisotopic (exact) mass is 337 g/mol. The maximum atomic E-state index is 12.5. The molecule has 0 aromatic carbocycles. The lowest BCUT2D eigenvalue weighted by Crippen LogP contribution is -2.14. The van der Waals surface area contributed by atoms with Crippen molar-refractivity contribution in [2.45, 2.75) is 19.5 Å². The lowest BCUT2D eigenvalue weighted by Gasteiger charge is -2.13. The highest BCUT2D eigenvalue weighted by Crippen LogP contribution is 2.37. The third-order valence-corrected chi connectivity index (χ3v) is 3.14. The zero-order chi connectivity index (χ0) is 11.8. The van der Waals surface area contributed by atoms with Gasteiger partial charge in [-0.2, -0.15) is 13.2 Å². The highest BCUT2D eigenvalue weighted by Gasteiger charge is 2.39. The Morgan fingerprint density at radius 1 is 1.33 bits per heavy atom. The van der Waals surface area contributed by atoms with E-state index in [0.717, 1.165) is 6.20 Å². The lowest BCUT2D eigenvalue weighted by atomic mass is 10.1. The number of halogens is 6. The molecule has 0 fully saturated rings. The van der Waals surface area contributed by atoms with Crippen LogP contribution in [0, 0.1) is 10.5 Å². The van der Waals surface area contributed by atoms with Crippen LogP contribution < -0.4 is 0 Å². The van der Waals surface area contributed by atoms with Crippen LogP contribution in [0.3, 0.4) is 0 Å². The van der Waals surface area contributed by atoms with Crippen molar-refractivity contribution in [1.29, 1.82) is 0 Å². The van der Waals surface area contributed by atoms with Crippen molar-refractivity contribution in [2.24, 2.45) is 0 Å². The smallest absolute Gasteiger partial charge is 0.251 e. The van der Waals surface area contributed by atoms with Gasteiger partial charge in [0.15, 0.2) is 5.69 Å². The van der Waals surface area contributed by atoms with Crippen LogP contribution in [0.5, 0.6) is 0 Å². The van der Waals surface area contributed by atoms with Crippen molar-refractivity contribution in [2.75, 3.05) is 0 Å². The molecule has 1 rings (SSSR count). The first-order valence-corrected chi connectivity index (χ1v) is 4.83. The van der Waals surface area contributed by atoms with Crippen LogP contribution in [-0.4, -0.2) is 4.98 Å². The van der Waals surface area contributed by atoms with E-state index in [1.54, 1.807) is 0 Å². The summed E-state index contributed by atoms with van der Waals surface area (Å²) in [6, 6.07) is 0. The Balaban J connectivity index is 3.47. The molecule has 0 amide bonds. The molecular formula is C8H5F5IN. The van der Waals surface area contributed by atoms with Crippen molar-refractivity contribution in [3.8, 4) is 0 Å². The number of nitrogens with zero attached hydrogens (tertiary/aromatic N) is 1. The number of hydrogen-bond donors (Lipinski definition) is 0. The topological polar surface area (TPSA) is 12.9 Å². The fourth-order valence-electron chi connectivity index (χ4n) is 1.03. The minimum atomic E-state index is -4.85. The van der Waals surface area contributed by atoms with Gasteiger partial charge in [0.25, 0.3) is 6.43 Å². The first-order chi connectivity index (χ1) is 6.75. The Morgan fingerprint density at radius 3 is 2.27 bits per heavy atom. The van der Waals surface area contributed by atoms with Crippen molar-refractivity contribution in [3.63, 3.8) is 0 Å². The molecule has 0 bridgehead atoms. The number of hydrogen-bond acceptors (Lipinski definition) is 1. The van der Waals surface area contributed by atoms with Gasteiger partial charge in [-0.25, -0.2) is 8.78 Å². The molecule has 0 saturated carbocycles. The first kappa shape index (κ1) is 12.6. The summed E-state index contributed by atoms with van der Waals surface area (Å²) in [4.78, 5) is 3.02. The van der Waals surface area contributed by atoms with Gasteiger partial charge in [-0.3, -0.25) is 4.98 Å². The van der Waals surface area contributed by atoms with Gasteiger partial charge < -0.3 is 0 Å². The molecule has 0 N–H and O–H groups in total. The van der Waals surface area contributed by atoms with Crippen LogP contribution >= 0.6 is 22.6 Å². The average Bonchev–Trinajstić information content (AvgIpc) is 2.06. The molecule has 1 aromatic rings. The van der Waals surface area contributed by atoms with Gasteiger partial charge in [-0.1, -0.05) is 0 Å². The Labute approximate surface area is 95.8 Å². The highest BCUT2D eigenvalue weighted by molar-refractivity contribution is 14.1. The van der Waals surface area contributed by atoms with E-state index in [4.69, 9.17) is 0 Å². The number of alkyl halides is 5. The van der Waals surface area contributed by atoms with E-state index in [1.165, 1.54) is 29.5 Å². The standard InChI is InChI=1S/C8H5F5IN/c1-3-2-15-6(8(11,12)13)4(5(3)14)7(9)10/h2,7H,1H3. The van der Waals surface area contributed by atoms with E-state index in [9.17, 15) is 22.0 Å². The van der Waals surface area contributed by atoms with Crippen LogP contribution in [0.2, 0.25) is 0 Å². The summed E-state index contributed by atoms with van der Waals surface area (Å²) in [7, 11) is 0. The Kier molecular flexibility index (Phi) is 3.51. The largest absolute Gasteiger partial charge is 0.433 e. The molecule has 0 unspecified atom stereocenters. The zero-order valence-corrected chi connectivity index (χ0v) is 9.53. The van der Waals surface area contributed by atoms with Crippen molar-refractivity contribution in [1.82, 2.24) is 4.98 Å². The Hall–Kier alpha value is -0.470. The van der Waals surface area contributed by atoms with Gasteiger partial charge in [-0.05, 0) is 35.1 Å². The summed E-state index contributed by atoms with van der Waals surface area (Å²) in [6.45, 7) is 1.43.